The Labute approximate surface area is 186 Å². The monoisotopic (exact) mass is 425 g/mol. The summed E-state index contributed by atoms with van der Waals surface area (Å²) in [6.45, 7) is 12.1. The van der Waals surface area contributed by atoms with Crippen LogP contribution >= 0.6 is 0 Å². The molecule has 1 atom stereocenters. The van der Waals surface area contributed by atoms with Crippen molar-refractivity contribution < 1.29 is 14.3 Å². The molecule has 1 heterocycles. The molecule has 0 aliphatic heterocycles. The van der Waals surface area contributed by atoms with E-state index in [1.54, 1.807) is 24.9 Å². The molecule has 0 aliphatic rings. The van der Waals surface area contributed by atoms with Crippen LogP contribution in [0.1, 0.15) is 70.0 Å². The van der Waals surface area contributed by atoms with Crippen molar-refractivity contribution in [3.05, 3.63) is 52.8 Å². The molecule has 0 spiro atoms. The molecule has 0 amide bonds. The molecule has 0 aliphatic carbocycles. The summed E-state index contributed by atoms with van der Waals surface area (Å²) in [5, 5.41) is 4.46. The standard InChI is InChI=1S/C25H35N3O3/c1-9-10-23(29)30-18(3)31-24(22-15-17(2)27-28(22)8)21(16-26-7)19-11-13-20(14-12-19)25(4,5)6/h11-16,18H,9-10H2,1-8H3/b24-21-,26-16-. The third kappa shape index (κ3) is 6.54. The van der Waals surface area contributed by atoms with Crippen molar-refractivity contribution in [1.29, 1.82) is 0 Å². The number of nitrogens with zero attached hydrogens (tertiary/aromatic N) is 3. The first-order chi connectivity index (χ1) is 14.6. The number of aryl methyl sites for hydroxylation is 2. The van der Waals surface area contributed by atoms with E-state index in [0.717, 1.165) is 28.9 Å². The third-order valence-corrected chi connectivity index (χ3v) is 4.83. The number of hydrogen-bond donors (Lipinski definition) is 0. The number of allylic oxidation sites excluding steroid dienone is 1. The highest BCUT2D eigenvalue weighted by molar-refractivity contribution is 6.18. The van der Waals surface area contributed by atoms with Crippen molar-refractivity contribution >= 4 is 23.5 Å². The number of ether oxygens (including phenoxy) is 2. The zero-order valence-corrected chi connectivity index (χ0v) is 20.0. The number of hydrogen-bond acceptors (Lipinski definition) is 5. The van der Waals surface area contributed by atoms with E-state index in [1.807, 2.05) is 27.0 Å². The summed E-state index contributed by atoms with van der Waals surface area (Å²) in [4.78, 5) is 16.2. The van der Waals surface area contributed by atoms with E-state index >= 15 is 0 Å². The van der Waals surface area contributed by atoms with Gasteiger partial charge in [0.25, 0.3) is 0 Å². The molecule has 0 fully saturated rings. The molecule has 2 aromatic rings. The van der Waals surface area contributed by atoms with Crippen LogP contribution in [0.2, 0.25) is 0 Å². The van der Waals surface area contributed by atoms with Crippen LogP contribution in [-0.2, 0) is 26.7 Å². The lowest BCUT2D eigenvalue weighted by Crippen LogP contribution is -2.19. The number of aliphatic imine (C=N–C) groups is 1. The molecule has 0 saturated carbocycles. The van der Waals surface area contributed by atoms with E-state index in [9.17, 15) is 4.79 Å². The Morgan fingerprint density at radius 2 is 1.87 bits per heavy atom. The summed E-state index contributed by atoms with van der Waals surface area (Å²) >= 11 is 0. The van der Waals surface area contributed by atoms with Crippen LogP contribution in [0.5, 0.6) is 0 Å². The Morgan fingerprint density at radius 3 is 2.35 bits per heavy atom. The predicted octanol–water partition coefficient (Wildman–Crippen LogP) is 5.30. The van der Waals surface area contributed by atoms with Gasteiger partial charge in [0.05, 0.1) is 5.69 Å². The molecule has 1 aromatic heterocycles. The van der Waals surface area contributed by atoms with Crippen LogP contribution < -0.4 is 0 Å². The average Bonchev–Trinajstić information content (AvgIpc) is 3.02. The van der Waals surface area contributed by atoms with Gasteiger partial charge in [0.1, 0.15) is 5.69 Å². The molecular formula is C25H35N3O3. The number of rotatable bonds is 8. The third-order valence-electron chi connectivity index (χ3n) is 4.83. The van der Waals surface area contributed by atoms with Crippen LogP contribution in [-0.4, -0.2) is 35.3 Å². The molecule has 0 saturated heterocycles. The van der Waals surface area contributed by atoms with Gasteiger partial charge in [-0.15, -0.1) is 0 Å². The predicted molar refractivity (Wildman–Crippen MR) is 126 cm³/mol. The highest BCUT2D eigenvalue weighted by atomic mass is 16.7. The largest absolute Gasteiger partial charge is 0.452 e. The summed E-state index contributed by atoms with van der Waals surface area (Å²) in [5.41, 5.74) is 4.70. The molecule has 31 heavy (non-hydrogen) atoms. The molecule has 0 radical (unpaired) electrons. The van der Waals surface area contributed by atoms with E-state index in [2.05, 4.69) is 55.1 Å². The Balaban J connectivity index is 2.57. The van der Waals surface area contributed by atoms with Crippen LogP contribution in [0, 0.1) is 6.92 Å². The number of aromatic nitrogens is 2. The van der Waals surface area contributed by atoms with Crippen molar-refractivity contribution in [1.82, 2.24) is 9.78 Å². The summed E-state index contributed by atoms with van der Waals surface area (Å²) in [5.74, 6) is 0.282. The maximum absolute atomic E-state index is 12.0. The van der Waals surface area contributed by atoms with Gasteiger partial charge in [-0.3, -0.25) is 14.5 Å². The first-order valence-corrected chi connectivity index (χ1v) is 10.7. The van der Waals surface area contributed by atoms with E-state index in [0.29, 0.717) is 12.2 Å². The van der Waals surface area contributed by atoms with Crippen LogP contribution in [0.15, 0.2) is 35.3 Å². The molecule has 168 valence electrons. The van der Waals surface area contributed by atoms with Gasteiger partial charge in [-0.1, -0.05) is 52.0 Å². The summed E-state index contributed by atoms with van der Waals surface area (Å²) < 4.78 is 13.4. The number of carbonyl (C=O) groups is 1. The van der Waals surface area contributed by atoms with Gasteiger partial charge in [-0.25, -0.2) is 0 Å². The van der Waals surface area contributed by atoms with Crippen molar-refractivity contribution in [3.63, 3.8) is 0 Å². The minimum atomic E-state index is -0.752. The Bertz CT molecular complexity index is 947. The Hall–Kier alpha value is -2.89. The zero-order valence-electron chi connectivity index (χ0n) is 20.0. The normalized spacial score (nSPS) is 13.8. The smallest absolute Gasteiger partial charge is 0.308 e. The number of carbonyl (C=O) groups excluding carboxylic acids is 1. The first kappa shape index (κ1) is 24.4. The summed E-state index contributed by atoms with van der Waals surface area (Å²) in [6, 6.07) is 10.3. The van der Waals surface area contributed by atoms with Gasteiger partial charge in [-0.2, -0.15) is 5.10 Å². The molecule has 0 bridgehead atoms. The minimum Gasteiger partial charge on any atom is -0.452 e. The highest BCUT2D eigenvalue weighted by Crippen LogP contribution is 2.30. The van der Waals surface area contributed by atoms with E-state index in [1.165, 1.54) is 5.56 Å². The fourth-order valence-electron chi connectivity index (χ4n) is 3.27. The van der Waals surface area contributed by atoms with Gasteiger partial charge < -0.3 is 9.47 Å². The average molecular weight is 426 g/mol. The molecule has 1 aromatic carbocycles. The van der Waals surface area contributed by atoms with E-state index in [4.69, 9.17) is 9.47 Å². The summed E-state index contributed by atoms with van der Waals surface area (Å²) in [6.07, 6.45) is 2.10. The van der Waals surface area contributed by atoms with Gasteiger partial charge in [-0.05, 0) is 36.0 Å². The van der Waals surface area contributed by atoms with Crippen LogP contribution in [0.25, 0.3) is 11.3 Å². The first-order valence-electron chi connectivity index (χ1n) is 10.7. The van der Waals surface area contributed by atoms with Crippen molar-refractivity contribution in [2.45, 2.75) is 66.1 Å². The van der Waals surface area contributed by atoms with Gasteiger partial charge >= 0.3 is 5.97 Å². The maximum atomic E-state index is 12.0. The number of esters is 1. The van der Waals surface area contributed by atoms with Crippen LogP contribution in [0.4, 0.5) is 0 Å². The van der Waals surface area contributed by atoms with Crippen molar-refractivity contribution in [3.8, 4) is 0 Å². The topological polar surface area (TPSA) is 65.7 Å². The molecule has 6 nitrogen and oxygen atoms in total. The Kier molecular flexibility index (Phi) is 8.20. The van der Waals surface area contributed by atoms with Crippen LogP contribution in [0.3, 0.4) is 0 Å². The fraction of sp³-hybridized carbons (Fsp3) is 0.480. The Morgan fingerprint density at radius 1 is 1.23 bits per heavy atom. The molecule has 1 unspecified atom stereocenters. The lowest BCUT2D eigenvalue weighted by molar-refractivity contribution is -0.164. The molecule has 2 rings (SSSR count). The molecule has 0 N–H and O–H groups in total. The number of benzene rings is 1. The second-order valence-corrected chi connectivity index (χ2v) is 8.68. The second kappa shape index (κ2) is 10.4. The van der Waals surface area contributed by atoms with E-state index in [-0.39, 0.29) is 11.4 Å². The SMILES string of the molecule is CCCC(=O)OC(C)O/C(=C(/C=N\C)c1ccc(C(C)(C)C)cc1)c1cc(C)nn1C. The van der Waals surface area contributed by atoms with Crippen molar-refractivity contribution in [2.75, 3.05) is 7.05 Å². The zero-order chi connectivity index (χ0) is 23.2. The minimum absolute atomic E-state index is 0.0573. The fourth-order valence-corrected chi connectivity index (χ4v) is 3.27. The van der Waals surface area contributed by atoms with Gasteiger partial charge in [0, 0.05) is 39.2 Å². The second-order valence-electron chi connectivity index (χ2n) is 8.68. The summed E-state index contributed by atoms with van der Waals surface area (Å²) in [7, 11) is 3.59. The van der Waals surface area contributed by atoms with Crippen molar-refractivity contribution in [2.24, 2.45) is 12.0 Å². The molecular weight excluding hydrogens is 390 g/mol. The van der Waals surface area contributed by atoms with E-state index < -0.39 is 6.29 Å². The lowest BCUT2D eigenvalue weighted by Gasteiger charge is -2.21. The quantitative estimate of drug-likeness (QED) is 0.249. The van der Waals surface area contributed by atoms with Gasteiger partial charge in [0.2, 0.25) is 6.29 Å². The lowest BCUT2D eigenvalue weighted by atomic mass is 9.86. The van der Waals surface area contributed by atoms with Gasteiger partial charge in [0.15, 0.2) is 5.76 Å². The maximum Gasteiger partial charge on any atom is 0.308 e. The molecule has 6 heteroatoms. The highest BCUT2D eigenvalue weighted by Gasteiger charge is 2.21.